The summed E-state index contributed by atoms with van der Waals surface area (Å²) in [5, 5.41) is 0. The second-order valence-electron chi connectivity index (χ2n) is 2.94. The number of carbonyl (C=O) groups excluding carboxylic acids is 1. The summed E-state index contributed by atoms with van der Waals surface area (Å²) in [5.74, 6) is 0.397. The first-order valence-corrected chi connectivity index (χ1v) is 4.02. The smallest absolute Gasteiger partial charge is 0.307 e. The van der Waals surface area contributed by atoms with Gasteiger partial charge in [-0.3, -0.25) is 4.79 Å². The van der Waals surface area contributed by atoms with E-state index in [1.165, 1.54) is 0 Å². The zero-order chi connectivity index (χ0) is 8.69. The molecule has 3 nitrogen and oxygen atoms in total. The average Bonchev–Trinajstić information content (AvgIpc) is 1.87. The van der Waals surface area contributed by atoms with Gasteiger partial charge in [0.15, 0.2) is 0 Å². The molecule has 2 N–H and O–H groups in total. The molecule has 0 aromatic heterocycles. The van der Waals surface area contributed by atoms with E-state index in [0.717, 1.165) is 6.42 Å². The van der Waals surface area contributed by atoms with Crippen LogP contribution in [0.2, 0.25) is 0 Å². The van der Waals surface area contributed by atoms with Crippen molar-refractivity contribution in [2.45, 2.75) is 26.7 Å². The Morgan fingerprint density at radius 2 is 2.18 bits per heavy atom. The van der Waals surface area contributed by atoms with Gasteiger partial charge in [-0.15, -0.1) is 0 Å². The van der Waals surface area contributed by atoms with Crippen LogP contribution in [0.4, 0.5) is 0 Å². The fourth-order valence-electron chi connectivity index (χ4n) is 0.598. The zero-order valence-electron chi connectivity index (χ0n) is 7.30. The van der Waals surface area contributed by atoms with Gasteiger partial charge in [0.25, 0.3) is 0 Å². The molecule has 0 aromatic carbocycles. The fraction of sp³-hybridized carbons (Fsp3) is 0.875. The number of carbonyl (C=O) groups is 1. The van der Waals surface area contributed by atoms with Crippen LogP contribution in [0.1, 0.15) is 26.7 Å². The quantitative estimate of drug-likeness (QED) is 0.607. The Kier molecular flexibility index (Phi) is 5.84. The molecule has 0 radical (unpaired) electrons. The summed E-state index contributed by atoms with van der Waals surface area (Å²) in [4.78, 5) is 10.7. The summed E-state index contributed by atoms with van der Waals surface area (Å²) in [6, 6.07) is 0. The third-order valence-corrected chi connectivity index (χ3v) is 1.31. The summed E-state index contributed by atoms with van der Waals surface area (Å²) >= 11 is 0. The van der Waals surface area contributed by atoms with Crippen LogP contribution >= 0.6 is 0 Å². The summed E-state index contributed by atoms with van der Waals surface area (Å²) in [6.07, 6.45) is 1.26. The topological polar surface area (TPSA) is 52.3 Å². The van der Waals surface area contributed by atoms with Crippen LogP contribution in [0, 0.1) is 5.92 Å². The molecule has 0 saturated carbocycles. The maximum absolute atomic E-state index is 10.7. The lowest BCUT2D eigenvalue weighted by atomic mass is 10.1. The van der Waals surface area contributed by atoms with E-state index in [1.807, 2.05) is 0 Å². The van der Waals surface area contributed by atoms with Gasteiger partial charge in [0.2, 0.25) is 0 Å². The minimum Gasteiger partial charge on any atom is -0.466 e. The van der Waals surface area contributed by atoms with Crippen molar-refractivity contribution >= 4 is 5.97 Å². The maximum Gasteiger partial charge on any atom is 0.307 e. The minimum absolute atomic E-state index is 0.187. The van der Waals surface area contributed by atoms with E-state index in [0.29, 0.717) is 25.5 Å². The standard InChI is InChI=1S/C8H17NO2/c1-7(2)4-6-11-8(10)3-5-9/h7H,3-6,9H2,1-2H3. The first-order chi connectivity index (χ1) is 5.16. The lowest BCUT2D eigenvalue weighted by Crippen LogP contribution is -2.12. The number of hydrogen-bond donors (Lipinski definition) is 1. The molecular formula is C8H17NO2. The van der Waals surface area contributed by atoms with Crippen molar-refractivity contribution in [3.05, 3.63) is 0 Å². The molecule has 0 heterocycles. The molecule has 0 aliphatic rings. The Morgan fingerprint density at radius 1 is 1.55 bits per heavy atom. The van der Waals surface area contributed by atoms with Crippen molar-refractivity contribution in [3.63, 3.8) is 0 Å². The van der Waals surface area contributed by atoms with Crippen molar-refractivity contribution in [2.24, 2.45) is 11.7 Å². The Bertz CT molecular complexity index is 113. The number of nitrogens with two attached hydrogens (primary N) is 1. The first kappa shape index (κ1) is 10.4. The normalized spacial score (nSPS) is 10.2. The number of ether oxygens (including phenoxy) is 1. The third kappa shape index (κ3) is 7.33. The molecule has 0 saturated heterocycles. The number of rotatable bonds is 5. The lowest BCUT2D eigenvalue weighted by Gasteiger charge is -2.05. The molecule has 66 valence electrons. The molecule has 3 heteroatoms. The van der Waals surface area contributed by atoms with Gasteiger partial charge >= 0.3 is 5.97 Å². The predicted molar refractivity (Wildman–Crippen MR) is 44.1 cm³/mol. The summed E-state index contributed by atoms with van der Waals surface area (Å²) in [6.45, 7) is 5.09. The highest BCUT2D eigenvalue weighted by Crippen LogP contribution is 1.99. The summed E-state index contributed by atoms with van der Waals surface area (Å²) in [5.41, 5.74) is 5.16. The van der Waals surface area contributed by atoms with E-state index in [1.54, 1.807) is 0 Å². The number of hydrogen-bond acceptors (Lipinski definition) is 3. The SMILES string of the molecule is CC(C)CCOC(=O)CCN. The largest absolute Gasteiger partial charge is 0.466 e. The second-order valence-corrected chi connectivity index (χ2v) is 2.94. The van der Waals surface area contributed by atoms with Gasteiger partial charge < -0.3 is 10.5 Å². The highest BCUT2D eigenvalue weighted by Gasteiger charge is 2.00. The van der Waals surface area contributed by atoms with E-state index in [-0.39, 0.29) is 5.97 Å². The van der Waals surface area contributed by atoms with E-state index in [9.17, 15) is 4.79 Å². The Hall–Kier alpha value is -0.570. The van der Waals surface area contributed by atoms with E-state index in [4.69, 9.17) is 10.5 Å². The van der Waals surface area contributed by atoms with Crippen molar-refractivity contribution < 1.29 is 9.53 Å². The highest BCUT2D eigenvalue weighted by atomic mass is 16.5. The maximum atomic E-state index is 10.7. The van der Waals surface area contributed by atoms with Crippen LogP contribution in [0.25, 0.3) is 0 Å². The Labute approximate surface area is 67.9 Å². The third-order valence-electron chi connectivity index (χ3n) is 1.31. The monoisotopic (exact) mass is 159 g/mol. The van der Waals surface area contributed by atoms with E-state index < -0.39 is 0 Å². The molecule has 0 spiro atoms. The van der Waals surface area contributed by atoms with Crippen LogP contribution in [-0.2, 0) is 9.53 Å². The molecule has 11 heavy (non-hydrogen) atoms. The fourth-order valence-corrected chi connectivity index (χ4v) is 0.598. The number of esters is 1. The lowest BCUT2D eigenvalue weighted by molar-refractivity contribution is -0.143. The second kappa shape index (κ2) is 6.16. The molecule has 0 amide bonds. The predicted octanol–water partition coefficient (Wildman–Crippen LogP) is 0.924. The zero-order valence-corrected chi connectivity index (χ0v) is 7.30. The highest BCUT2D eigenvalue weighted by molar-refractivity contribution is 5.69. The molecule has 0 atom stereocenters. The summed E-state index contributed by atoms with van der Waals surface area (Å²) < 4.78 is 4.87. The molecule has 0 rings (SSSR count). The van der Waals surface area contributed by atoms with E-state index in [2.05, 4.69) is 13.8 Å². The van der Waals surface area contributed by atoms with Gasteiger partial charge in [-0.1, -0.05) is 13.8 Å². The van der Waals surface area contributed by atoms with Gasteiger partial charge in [0, 0.05) is 6.54 Å². The molecule has 0 aliphatic carbocycles. The van der Waals surface area contributed by atoms with Crippen LogP contribution in [0.5, 0.6) is 0 Å². The molecule has 0 unspecified atom stereocenters. The molecule has 0 aromatic rings. The Morgan fingerprint density at radius 3 is 2.64 bits per heavy atom. The van der Waals surface area contributed by atoms with Crippen molar-refractivity contribution in [1.82, 2.24) is 0 Å². The van der Waals surface area contributed by atoms with Gasteiger partial charge in [-0.05, 0) is 12.3 Å². The molecule has 0 fully saturated rings. The van der Waals surface area contributed by atoms with Crippen LogP contribution in [0.15, 0.2) is 0 Å². The van der Waals surface area contributed by atoms with Gasteiger partial charge in [-0.2, -0.15) is 0 Å². The first-order valence-electron chi connectivity index (χ1n) is 4.02. The van der Waals surface area contributed by atoms with Gasteiger partial charge in [0.05, 0.1) is 13.0 Å². The van der Waals surface area contributed by atoms with Crippen LogP contribution < -0.4 is 5.73 Å². The molecule has 0 aliphatic heterocycles. The van der Waals surface area contributed by atoms with Crippen LogP contribution in [0.3, 0.4) is 0 Å². The van der Waals surface area contributed by atoms with Gasteiger partial charge in [-0.25, -0.2) is 0 Å². The van der Waals surface area contributed by atoms with Crippen LogP contribution in [-0.4, -0.2) is 19.1 Å². The Balaban J connectivity index is 3.17. The minimum atomic E-state index is -0.187. The van der Waals surface area contributed by atoms with Crippen molar-refractivity contribution in [3.8, 4) is 0 Å². The van der Waals surface area contributed by atoms with Gasteiger partial charge in [0.1, 0.15) is 0 Å². The average molecular weight is 159 g/mol. The molecular weight excluding hydrogens is 142 g/mol. The molecule has 0 bridgehead atoms. The van der Waals surface area contributed by atoms with E-state index >= 15 is 0 Å². The summed E-state index contributed by atoms with van der Waals surface area (Å²) in [7, 11) is 0. The van der Waals surface area contributed by atoms with Crippen molar-refractivity contribution in [1.29, 1.82) is 0 Å². The van der Waals surface area contributed by atoms with Crippen molar-refractivity contribution in [2.75, 3.05) is 13.2 Å².